The molecule has 0 unspecified atom stereocenters. The lowest BCUT2D eigenvalue weighted by atomic mass is 9.95. The van der Waals surface area contributed by atoms with Crippen molar-refractivity contribution in [2.75, 3.05) is 53.1 Å². The lowest BCUT2D eigenvalue weighted by Gasteiger charge is -2.36. The van der Waals surface area contributed by atoms with Crippen molar-refractivity contribution in [1.29, 1.82) is 0 Å². The summed E-state index contributed by atoms with van der Waals surface area (Å²) in [6.45, 7) is 5.23. The fourth-order valence-electron chi connectivity index (χ4n) is 6.33. The van der Waals surface area contributed by atoms with Crippen LogP contribution in [0.5, 0.6) is 11.6 Å². The lowest BCUT2D eigenvalue weighted by molar-refractivity contribution is -0.134. The number of piperidine rings is 1. The number of fused-ring (bicyclic) bond motifs is 12. The largest absolute Gasteiger partial charge is 0.496 e. The number of hydrogen-bond acceptors (Lipinski definition) is 9. The van der Waals surface area contributed by atoms with Crippen molar-refractivity contribution in [2.24, 2.45) is 5.92 Å². The number of nitrogens with zero attached hydrogens (tertiary/aromatic N) is 6. The first-order valence-corrected chi connectivity index (χ1v) is 16.6. The molecule has 0 aliphatic carbocycles. The lowest BCUT2D eigenvalue weighted by Crippen LogP contribution is -2.52. The molecule has 3 aliphatic heterocycles. The van der Waals surface area contributed by atoms with Crippen LogP contribution in [-0.2, 0) is 29.0 Å². The standard InChI is InChI=1S/C36H43N7O5/c1-46-33-12-6-5-10-29(33)25-41-18-19-47-20-21-48-35-31(11-7-15-37-35)34(44)38-32(36(45)42-16-13-28(23-41)14-17-42)22-30-26-43(40-39-30)24-27-8-3-2-4-9-27/h2-12,15,26,28,32H,13-14,16-25H2,1H3,(H,38,44)/t32-/m1/s1. The third-order valence-electron chi connectivity index (χ3n) is 8.85. The molecule has 12 nitrogen and oxygen atoms in total. The van der Waals surface area contributed by atoms with E-state index in [1.807, 2.05) is 59.6 Å². The molecule has 0 radical (unpaired) electrons. The van der Waals surface area contributed by atoms with E-state index >= 15 is 0 Å². The first-order valence-electron chi connectivity index (χ1n) is 16.6. The Labute approximate surface area is 281 Å². The van der Waals surface area contributed by atoms with Gasteiger partial charge in [-0.25, -0.2) is 9.67 Å². The molecule has 2 bridgehead atoms. The van der Waals surface area contributed by atoms with Gasteiger partial charge in [0.25, 0.3) is 5.91 Å². The highest BCUT2D eigenvalue weighted by Crippen LogP contribution is 2.24. The summed E-state index contributed by atoms with van der Waals surface area (Å²) in [5.74, 6) is 0.905. The Morgan fingerprint density at radius 3 is 2.56 bits per heavy atom. The van der Waals surface area contributed by atoms with Gasteiger partial charge in [-0.2, -0.15) is 0 Å². The minimum absolute atomic E-state index is 0.133. The highest BCUT2D eigenvalue weighted by Gasteiger charge is 2.32. The molecule has 1 N–H and O–H groups in total. The van der Waals surface area contributed by atoms with Crippen LogP contribution in [0.4, 0.5) is 0 Å². The number of benzene rings is 2. The van der Waals surface area contributed by atoms with E-state index < -0.39 is 11.9 Å². The minimum atomic E-state index is -0.840. The molecule has 1 fully saturated rings. The summed E-state index contributed by atoms with van der Waals surface area (Å²) >= 11 is 0. The molecule has 1 saturated heterocycles. The molecule has 252 valence electrons. The molecule has 2 aromatic carbocycles. The number of methoxy groups -OCH3 is 1. The Balaban J connectivity index is 1.20. The van der Waals surface area contributed by atoms with Gasteiger partial charge in [-0.3, -0.25) is 14.5 Å². The Morgan fingerprint density at radius 1 is 0.917 bits per heavy atom. The van der Waals surface area contributed by atoms with Gasteiger partial charge in [-0.05, 0) is 42.5 Å². The number of carbonyl (C=O) groups excluding carboxylic acids is 2. The van der Waals surface area contributed by atoms with Crippen molar-refractivity contribution in [3.05, 3.63) is 102 Å². The zero-order valence-corrected chi connectivity index (χ0v) is 27.4. The van der Waals surface area contributed by atoms with Crippen molar-refractivity contribution in [2.45, 2.75) is 38.4 Å². The Kier molecular flexibility index (Phi) is 11.3. The van der Waals surface area contributed by atoms with Gasteiger partial charge in [-0.15, -0.1) is 5.10 Å². The molecule has 7 rings (SSSR count). The Morgan fingerprint density at radius 2 is 1.73 bits per heavy atom. The molecule has 3 aliphatic rings. The number of pyridine rings is 1. The summed E-state index contributed by atoms with van der Waals surface area (Å²) in [5, 5.41) is 11.6. The molecule has 2 aromatic heterocycles. The number of nitrogens with one attached hydrogen (secondary N) is 1. The monoisotopic (exact) mass is 653 g/mol. The van der Waals surface area contributed by atoms with Crippen LogP contribution in [0.25, 0.3) is 0 Å². The van der Waals surface area contributed by atoms with Crippen molar-refractivity contribution in [1.82, 2.24) is 35.1 Å². The summed E-state index contributed by atoms with van der Waals surface area (Å²) < 4.78 is 19.2. The van der Waals surface area contributed by atoms with Crippen LogP contribution in [0, 0.1) is 5.92 Å². The topological polar surface area (TPSA) is 124 Å². The Hall–Kier alpha value is -4.81. The first-order chi connectivity index (χ1) is 23.6. The van der Waals surface area contributed by atoms with Crippen LogP contribution < -0.4 is 14.8 Å². The van der Waals surface area contributed by atoms with Gasteiger partial charge in [0, 0.05) is 57.1 Å². The van der Waals surface area contributed by atoms with Gasteiger partial charge in [0.1, 0.15) is 24.0 Å². The van der Waals surface area contributed by atoms with Gasteiger partial charge < -0.3 is 24.4 Å². The SMILES string of the molecule is COc1ccccc1CN1CCOCCOc2ncccc2C(=O)N[C@H](Cc2cn(Cc3ccccc3)nn2)C(=O)N2CCC(CC2)C1. The number of amides is 2. The molecule has 0 spiro atoms. The minimum Gasteiger partial charge on any atom is -0.496 e. The number of aromatic nitrogens is 4. The van der Waals surface area contributed by atoms with Crippen molar-refractivity contribution < 1.29 is 23.8 Å². The summed E-state index contributed by atoms with van der Waals surface area (Å²) in [5.41, 5.74) is 3.09. The smallest absolute Gasteiger partial charge is 0.257 e. The molecule has 48 heavy (non-hydrogen) atoms. The van der Waals surface area contributed by atoms with E-state index in [1.165, 1.54) is 0 Å². The molecule has 1 atom stereocenters. The van der Waals surface area contributed by atoms with Crippen LogP contribution in [0.2, 0.25) is 0 Å². The van der Waals surface area contributed by atoms with Gasteiger partial charge in [0.15, 0.2) is 0 Å². The first kappa shape index (κ1) is 33.1. The summed E-state index contributed by atoms with van der Waals surface area (Å²) in [7, 11) is 1.70. The quantitative estimate of drug-likeness (QED) is 0.300. The van der Waals surface area contributed by atoms with Gasteiger partial charge in [0.05, 0.1) is 32.6 Å². The maximum Gasteiger partial charge on any atom is 0.257 e. The normalized spacial score (nSPS) is 19.9. The molecular formula is C36H43N7O5. The van der Waals surface area contributed by atoms with Gasteiger partial charge >= 0.3 is 0 Å². The van der Waals surface area contributed by atoms with Crippen molar-refractivity contribution in [3.63, 3.8) is 0 Å². The van der Waals surface area contributed by atoms with E-state index in [4.69, 9.17) is 14.2 Å². The van der Waals surface area contributed by atoms with E-state index in [2.05, 4.69) is 31.6 Å². The second-order valence-electron chi connectivity index (χ2n) is 12.3. The highest BCUT2D eigenvalue weighted by atomic mass is 16.5. The number of para-hydroxylation sites is 1. The molecule has 2 amide bonds. The van der Waals surface area contributed by atoms with E-state index in [9.17, 15) is 9.59 Å². The van der Waals surface area contributed by atoms with E-state index in [-0.39, 0.29) is 30.4 Å². The number of ether oxygens (including phenoxy) is 3. The Bertz CT molecular complexity index is 1640. The maximum atomic E-state index is 14.1. The third kappa shape index (κ3) is 8.75. The molecule has 4 aromatic rings. The summed E-state index contributed by atoms with van der Waals surface area (Å²) in [6, 6.07) is 20.6. The van der Waals surface area contributed by atoms with Crippen LogP contribution in [-0.4, -0.2) is 101 Å². The average Bonchev–Trinajstić information content (AvgIpc) is 3.56. The fourth-order valence-corrected chi connectivity index (χ4v) is 6.33. The molecule has 12 heteroatoms. The second kappa shape index (κ2) is 16.3. The van der Waals surface area contributed by atoms with Gasteiger partial charge in [0.2, 0.25) is 11.8 Å². The molecular weight excluding hydrogens is 610 g/mol. The third-order valence-corrected chi connectivity index (χ3v) is 8.85. The van der Waals surface area contributed by atoms with Crippen LogP contribution in [0.15, 0.2) is 79.1 Å². The van der Waals surface area contributed by atoms with Crippen molar-refractivity contribution in [3.8, 4) is 11.6 Å². The summed E-state index contributed by atoms with van der Waals surface area (Å²) in [4.78, 5) is 36.3. The average molecular weight is 654 g/mol. The van der Waals surface area contributed by atoms with E-state index in [1.54, 1.807) is 30.1 Å². The highest BCUT2D eigenvalue weighted by molar-refractivity contribution is 5.99. The van der Waals surface area contributed by atoms with Crippen molar-refractivity contribution >= 4 is 11.8 Å². The predicted octanol–water partition coefficient (Wildman–Crippen LogP) is 3.22. The van der Waals surface area contributed by atoms with Crippen LogP contribution in [0.3, 0.4) is 0 Å². The summed E-state index contributed by atoms with van der Waals surface area (Å²) in [6.07, 6.45) is 5.34. The van der Waals surface area contributed by atoms with Gasteiger partial charge in [-0.1, -0.05) is 53.7 Å². The number of carbonyl (C=O) groups is 2. The predicted molar refractivity (Wildman–Crippen MR) is 179 cm³/mol. The maximum absolute atomic E-state index is 14.1. The van der Waals surface area contributed by atoms with E-state index in [0.29, 0.717) is 44.5 Å². The second-order valence-corrected chi connectivity index (χ2v) is 12.3. The number of hydrogen-bond donors (Lipinski definition) is 1. The fraction of sp³-hybridized carbons (Fsp3) is 0.417. The van der Waals surface area contributed by atoms with Crippen LogP contribution >= 0.6 is 0 Å². The van der Waals surface area contributed by atoms with Crippen LogP contribution in [0.1, 0.15) is 40.0 Å². The zero-order valence-electron chi connectivity index (χ0n) is 27.4. The zero-order chi connectivity index (χ0) is 33.1. The molecule has 5 heterocycles. The molecule has 0 saturated carbocycles. The number of rotatable bonds is 7. The van der Waals surface area contributed by atoms with E-state index in [0.717, 1.165) is 49.4 Å².